The van der Waals surface area contributed by atoms with E-state index in [-0.39, 0.29) is 0 Å². The molecule has 1 aliphatic rings. The molecule has 0 bridgehead atoms. The first-order valence-corrected chi connectivity index (χ1v) is 10.6. The average Bonchev–Trinajstić information content (AvgIpc) is 3.15. The minimum absolute atomic E-state index is 0.333. The summed E-state index contributed by atoms with van der Waals surface area (Å²) in [5.74, 6) is 0.298. The number of anilines is 1. The van der Waals surface area contributed by atoms with Gasteiger partial charge in [0.15, 0.2) is 0 Å². The van der Waals surface area contributed by atoms with Crippen molar-refractivity contribution in [1.82, 2.24) is 15.3 Å². The summed E-state index contributed by atoms with van der Waals surface area (Å²) in [6.07, 6.45) is -3.15. The van der Waals surface area contributed by atoms with Gasteiger partial charge in [0.2, 0.25) is 5.91 Å². The largest absolute Gasteiger partial charge is 0.405 e. The summed E-state index contributed by atoms with van der Waals surface area (Å²) in [6, 6.07) is 9.93. The quantitative estimate of drug-likeness (QED) is 0.654. The van der Waals surface area contributed by atoms with Gasteiger partial charge in [0, 0.05) is 24.0 Å². The normalized spacial score (nSPS) is 17.3. The van der Waals surface area contributed by atoms with Gasteiger partial charge in [-0.15, -0.1) is 11.3 Å². The maximum Gasteiger partial charge on any atom is 0.405 e. The highest BCUT2D eigenvalue weighted by molar-refractivity contribution is 7.17. The van der Waals surface area contributed by atoms with Crippen molar-refractivity contribution < 1.29 is 18.0 Å². The number of carbonyl (C=O) groups excluding carboxylic acids is 1. The minimum Gasteiger partial charge on any atom is -0.355 e. The fraction of sp³-hybridized carbons (Fsp3) is 0.381. The van der Waals surface area contributed by atoms with E-state index in [1.807, 2.05) is 47.5 Å². The van der Waals surface area contributed by atoms with Gasteiger partial charge in [0.1, 0.15) is 23.0 Å². The van der Waals surface area contributed by atoms with Gasteiger partial charge in [-0.1, -0.05) is 30.3 Å². The van der Waals surface area contributed by atoms with Crippen LogP contribution in [0.3, 0.4) is 0 Å². The molecule has 0 radical (unpaired) electrons. The maximum atomic E-state index is 12.5. The molecule has 3 heterocycles. The predicted octanol–water partition coefficient (Wildman–Crippen LogP) is 4.56. The number of aryl methyl sites for hydroxylation is 1. The lowest BCUT2D eigenvalue weighted by Gasteiger charge is -2.33. The lowest BCUT2D eigenvalue weighted by molar-refractivity contribution is -0.140. The number of halogens is 3. The third-order valence-electron chi connectivity index (χ3n) is 5.17. The van der Waals surface area contributed by atoms with Crippen LogP contribution in [0.5, 0.6) is 0 Å². The van der Waals surface area contributed by atoms with Crippen LogP contribution in [-0.2, 0) is 4.79 Å². The number of nitrogens with zero attached hydrogens (tertiary/aromatic N) is 3. The lowest BCUT2D eigenvalue weighted by atomic mass is 9.96. The molecule has 1 unspecified atom stereocenters. The maximum absolute atomic E-state index is 12.5. The number of amides is 1. The molecule has 1 amide bonds. The van der Waals surface area contributed by atoms with E-state index in [1.165, 1.54) is 11.3 Å². The Hall–Kier alpha value is -2.68. The molecule has 1 N–H and O–H groups in total. The number of aromatic nitrogens is 2. The van der Waals surface area contributed by atoms with Crippen LogP contribution in [0, 0.1) is 12.8 Å². The van der Waals surface area contributed by atoms with Crippen LogP contribution in [0.15, 0.2) is 35.7 Å². The third-order valence-corrected chi connectivity index (χ3v) is 6.04. The fourth-order valence-corrected chi connectivity index (χ4v) is 4.79. The number of thiophene rings is 1. The molecule has 1 aliphatic heterocycles. The Labute approximate surface area is 175 Å². The molecule has 1 aromatic carbocycles. The molecule has 1 fully saturated rings. The summed E-state index contributed by atoms with van der Waals surface area (Å²) in [6.45, 7) is 1.54. The zero-order chi connectivity index (χ0) is 21.3. The average molecular weight is 434 g/mol. The molecule has 30 heavy (non-hydrogen) atoms. The molecular formula is C21H21F3N4OS. The Morgan fingerprint density at radius 3 is 2.77 bits per heavy atom. The highest BCUT2D eigenvalue weighted by atomic mass is 32.1. The number of alkyl halides is 3. The predicted molar refractivity (Wildman–Crippen MR) is 112 cm³/mol. The van der Waals surface area contributed by atoms with Gasteiger partial charge >= 0.3 is 6.18 Å². The van der Waals surface area contributed by atoms with E-state index in [4.69, 9.17) is 0 Å². The van der Waals surface area contributed by atoms with E-state index >= 15 is 0 Å². The first kappa shape index (κ1) is 20.6. The number of fused-ring (bicyclic) bond motifs is 1. The van der Waals surface area contributed by atoms with Gasteiger partial charge in [-0.3, -0.25) is 4.79 Å². The smallest absolute Gasteiger partial charge is 0.355 e. The molecule has 1 atom stereocenters. The summed E-state index contributed by atoms with van der Waals surface area (Å²) in [7, 11) is 0. The number of piperidine rings is 1. The van der Waals surface area contributed by atoms with Gasteiger partial charge in [0.05, 0.1) is 11.3 Å². The van der Waals surface area contributed by atoms with Crippen molar-refractivity contribution in [1.29, 1.82) is 0 Å². The lowest BCUT2D eigenvalue weighted by Crippen LogP contribution is -2.45. The van der Waals surface area contributed by atoms with Crippen LogP contribution in [0.2, 0.25) is 0 Å². The Kier molecular flexibility index (Phi) is 5.64. The number of nitrogens with one attached hydrogen (secondary N) is 1. The van der Waals surface area contributed by atoms with Crippen molar-refractivity contribution in [2.75, 3.05) is 24.5 Å². The third kappa shape index (κ3) is 4.40. The molecule has 4 rings (SSSR count). The molecule has 0 saturated carbocycles. The second-order valence-electron chi connectivity index (χ2n) is 7.41. The van der Waals surface area contributed by atoms with Crippen LogP contribution < -0.4 is 10.2 Å². The van der Waals surface area contributed by atoms with Gasteiger partial charge in [-0.05, 0) is 25.3 Å². The van der Waals surface area contributed by atoms with Gasteiger partial charge in [0.25, 0.3) is 0 Å². The van der Waals surface area contributed by atoms with E-state index in [0.717, 1.165) is 27.2 Å². The number of hydrogen-bond donors (Lipinski definition) is 1. The van der Waals surface area contributed by atoms with E-state index < -0.39 is 24.5 Å². The zero-order valence-corrected chi connectivity index (χ0v) is 17.2. The van der Waals surface area contributed by atoms with Crippen molar-refractivity contribution in [2.45, 2.75) is 25.9 Å². The summed E-state index contributed by atoms with van der Waals surface area (Å²) in [5.41, 5.74) is 2.07. The highest BCUT2D eigenvalue weighted by Crippen LogP contribution is 2.39. The topological polar surface area (TPSA) is 58.1 Å². The molecule has 1 saturated heterocycles. The van der Waals surface area contributed by atoms with Gasteiger partial charge in [-0.25, -0.2) is 9.97 Å². The second kappa shape index (κ2) is 8.22. The Bertz CT molecular complexity index is 1050. The molecule has 2 aromatic heterocycles. The molecular weight excluding hydrogens is 413 g/mol. The number of benzene rings is 1. The van der Waals surface area contributed by atoms with E-state index in [2.05, 4.69) is 15.3 Å². The summed E-state index contributed by atoms with van der Waals surface area (Å²) in [5, 5.41) is 5.00. The first-order valence-electron chi connectivity index (χ1n) is 9.72. The molecule has 0 spiro atoms. The highest BCUT2D eigenvalue weighted by Gasteiger charge is 2.32. The van der Waals surface area contributed by atoms with Crippen LogP contribution in [0.4, 0.5) is 19.0 Å². The van der Waals surface area contributed by atoms with Crippen LogP contribution in [-0.4, -0.2) is 41.7 Å². The zero-order valence-electron chi connectivity index (χ0n) is 16.4. The van der Waals surface area contributed by atoms with Crippen molar-refractivity contribution >= 4 is 33.3 Å². The SMILES string of the molecule is Cc1nc(N2CCCC(C(=O)NCC(F)(F)F)C2)c2c(-c3ccccc3)csc2n1. The Balaban J connectivity index is 1.65. The van der Waals surface area contributed by atoms with Crippen LogP contribution in [0.25, 0.3) is 21.3 Å². The van der Waals surface area contributed by atoms with E-state index in [0.29, 0.717) is 31.8 Å². The van der Waals surface area contributed by atoms with Crippen molar-refractivity contribution in [3.05, 3.63) is 41.5 Å². The number of carbonyl (C=O) groups is 1. The van der Waals surface area contributed by atoms with E-state index in [1.54, 1.807) is 0 Å². The van der Waals surface area contributed by atoms with Crippen LogP contribution >= 0.6 is 11.3 Å². The fourth-order valence-electron chi connectivity index (χ4n) is 3.80. The molecule has 9 heteroatoms. The van der Waals surface area contributed by atoms with Crippen molar-refractivity contribution in [3.8, 4) is 11.1 Å². The van der Waals surface area contributed by atoms with Crippen LogP contribution in [0.1, 0.15) is 18.7 Å². The molecule has 158 valence electrons. The Morgan fingerprint density at radius 1 is 1.27 bits per heavy atom. The molecule has 5 nitrogen and oxygen atoms in total. The Morgan fingerprint density at radius 2 is 2.03 bits per heavy atom. The van der Waals surface area contributed by atoms with Crippen molar-refractivity contribution in [2.24, 2.45) is 5.92 Å². The van der Waals surface area contributed by atoms with Crippen molar-refractivity contribution in [3.63, 3.8) is 0 Å². The van der Waals surface area contributed by atoms with Gasteiger partial charge in [-0.2, -0.15) is 13.2 Å². The van der Waals surface area contributed by atoms with E-state index in [9.17, 15) is 18.0 Å². The standard InChI is InChI=1S/C21H21F3N4OS/c1-13-26-18(17-16(11-30-20(17)27-13)14-6-3-2-4-7-14)28-9-5-8-15(10-28)19(29)25-12-21(22,23)24/h2-4,6-7,11,15H,5,8-10,12H2,1H3,(H,25,29). The monoisotopic (exact) mass is 434 g/mol. The minimum atomic E-state index is -4.42. The summed E-state index contributed by atoms with van der Waals surface area (Å²) >= 11 is 1.54. The summed E-state index contributed by atoms with van der Waals surface area (Å²) in [4.78, 5) is 24.4. The second-order valence-corrected chi connectivity index (χ2v) is 8.27. The summed E-state index contributed by atoms with van der Waals surface area (Å²) < 4.78 is 37.4. The number of rotatable bonds is 4. The first-order chi connectivity index (χ1) is 14.3. The molecule has 3 aromatic rings. The molecule has 0 aliphatic carbocycles. The number of hydrogen-bond acceptors (Lipinski definition) is 5. The van der Waals surface area contributed by atoms with Gasteiger partial charge < -0.3 is 10.2 Å².